The molecule has 0 atom stereocenters. The smallest absolute Gasteiger partial charge is 0.296 e. The van der Waals surface area contributed by atoms with Crippen molar-refractivity contribution >= 4 is 11.2 Å². The molecule has 124 valence electrons. The first-order valence-electron chi connectivity index (χ1n) is 7.77. The third-order valence-electron chi connectivity index (χ3n) is 3.98. The van der Waals surface area contributed by atoms with Crippen molar-refractivity contribution in [3.05, 3.63) is 64.4 Å². The van der Waals surface area contributed by atoms with E-state index in [1.54, 1.807) is 13.2 Å². The number of methoxy groups -OCH3 is 1. The molecule has 25 heavy (non-hydrogen) atoms. The Hall–Kier alpha value is -3.41. The third-order valence-corrected chi connectivity index (χ3v) is 3.98. The molecule has 0 saturated carbocycles. The van der Waals surface area contributed by atoms with Gasteiger partial charge in [-0.2, -0.15) is 4.98 Å². The summed E-state index contributed by atoms with van der Waals surface area (Å²) >= 11 is 0. The van der Waals surface area contributed by atoms with Crippen LogP contribution in [0.5, 0.6) is 5.75 Å². The van der Waals surface area contributed by atoms with Gasteiger partial charge in [0.15, 0.2) is 0 Å². The van der Waals surface area contributed by atoms with Crippen LogP contribution in [0.4, 0.5) is 0 Å². The maximum Gasteiger partial charge on any atom is 0.296 e. The molecule has 0 aliphatic heterocycles. The highest BCUT2D eigenvalue weighted by Gasteiger charge is 2.15. The largest absolute Gasteiger partial charge is 0.497 e. The van der Waals surface area contributed by atoms with Gasteiger partial charge in [-0.15, -0.1) is 0 Å². The molecule has 0 bridgehead atoms. The van der Waals surface area contributed by atoms with Gasteiger partial charge in [0.2, 0.25) is 17.1 Å². The number of nitrogens with zero attached hydrogens (tertiary/aromatic N) is 2. The van der Waals surface area contributed by atoms with Crippen molar-refractivity contribution in [3.8, 4) is 28.6 Å². The van der Waals surface area contributed by atoms with Crippen LogP contribution in [0.15, 0.2) is 57.7 Å². The second kappa shape index (κ2) is 5.90. The van der Waals surface area contributed by atoms with Gasteiger partial charge in [-0.1, -0.05) is 30.3 Å². The Balaban J connectivity index is 1.88. The number of H-pyrrole nitrogens is 1. The highest BCUT2D eigenvalue weighted by Crippen LogP contribution is 2.26. The number of rotatable bonds is 3. The van der Waals surface area contributed by atoms with E-state index in [1.165, 1.54) is 0 Å². The molecule has 6 nitrogen and oxygen atoms in total. The first-order chi connectivity index (χ1) is 12.2. The molecule has 0 aliphatic rings. The van der Waals surface area contributed by atoms with Crippen LogP contribution >= 0.6 is 0 Å². The second-order valence-corrected chi connectivity index (χ2v) is 5.63. The Morgan fingerprint density at radius 3 is 2.72 bits per heavy atom. The van der Waals surface area contributed by atoms with Gasteiger partial charge in [-0.3, -0.25) is 4.79 Å². The van der Waals surface area contributed by atoms with E-state index in [0.717, 1.165) is 16.7 Å². The molecule has 2 heterocycles. The number of nitrogens with one attached hydrogen (secondary N) is 1. The van der Waals surface area contributed by atoms with Crippen LogP contribution in [-0.4, -0.2) is 22.1 Å². The fraction of sp³-hybridized carbons (Fsp3) is 0.105. The van der Waals surface area contributed by atoms with E-state index in [9.17, 15) is 4.79 Å². The third kappa shape index (κ3) is 2.67. The summed E-state index contributed by atoms with van der Waals surface area (Å²) in [5.41, 5.74) is 2.61. The van der Waals surface area contributed by atoms with Gasteiger partial charge in [0.05, 0.1) is 7.11 Å². The highest BCUT2D eigenvalue weighted by atomic mass is 16.5. The summed E-state index contributed by atoms with van der Waals surface area (Å²) in [6.07, 6.45) is 0. The minimum atomic E-state index is -0.366. The van der Waals surface area contributed by atoms with Crippen molar-refractivity contribution < 1.29 is 9.15 Å². The number of hydrogen-bond acceptors (Lipinski definition) is 5. The zero-order valence-electron chi connectivity index (χ0n) is 13.7. The lowest BCUT2D eigenvalue weighted by Crippen LogP contribution is -2.08. The Bertz CT molecular complexity index is 1130. The number of fused-ring (bicyclic) bond motifs is 1. The van der Waals surface area contributed by atoms with Crippen LogP contribution in [0.1, 0.15) is 5.56 Å². The monoisotopic (exact) mass is 333 g/mol. The Labute approximate surface area is 143 Å². The molecule has 0 aliphatic carbocycles. The zero-order chi connectivity index (χ0) is 17.4. The molecule has 1 N–H and O–H groups in total. The number of ether oxygens (including phenoxy) is 1. The summed E-state index contributed by atoms with van der Waals surface area (Å²) < 4.78 is 10.9. The standard InChI is InChI=1S/C19H15N3O3/c1-11-6-3-4-9-14(11)19-22-17-15(25-19)18(23)21-16(20-17)12-7-5-8-13(10-12)24-2/h3-10H,1-2H3,(H,20,21,23). The summed E-state index contributed by atoms with van der Waals surface area (Å²) in [5.74, 6) is 1.48. The van der Waals surface area contributed by atoms with Crippen LogP contribution in [0.25, 0.3) is 34.1 Å². The van der Waals surface area contributed by atoms with Crippen molar-refractivity contribution in [3.63, 3.8) is 0 Å². The number of hydrogen-bond donors (Lipinski definition) is 1. The fourth-order valence-electron chi connectivity index (χ4n) is 2.67. The van der Waals surface area contributed by atoms with E-state index in [4.69, 9.17) is 9.15 Å². The zero-order valence-corrected chi connectivity index (χ0v) is 13.7. The van der Waals surface area contributed by atoms with E-state index < -0.39 is 0 Å². The quantitative estimate of drug-likeness (QED) is 0.620. The molecular weight excluding hydrogens is 318 g/mol. The van der Waals surface area contributed by atoms with Crippen molar-refractivity contribution in [2.24, 2.45) is 0 Å². The molecule has 0 amide bonds. The Morgan fingerprint density at radius 1 is 1.08 bits per heavy atom. The number of aryl methyl sites for hydroxylation is 1. The van der Waals surface area contributed by atoms with Crippen LogP contribution in [0.2, 0.25) is 0 Å². The van der Waals surface area contributed by atoms with Gasteiger partial charge in [-0.25, -0.2) is 4.98 Å². The van der Waals surface area contributed by atoms with Gasteiger partial charge in [0.25, 0.3) is 5.56 Å². The minimum Gasteiger partial charge on any atom is -0.497 e. The molecule has 0 spiro atoms. The topological polar surface area (TPSA) is 81.0 Å². The molecule has 0 radical (unpaired) electrons. The molecule has 4 rings (SSSR count). The highest BCUT2D eigenvalue weighted by molar-refractivity contribution is 5.74. The molecule has 0 saturated heterocycles. The van der Waals surface area contributed by atoms with Crippen molar-refractivity contribution in [2.75, 3.05) is 7.11 Å². The van der Waals surface area contributed by atoms with E-state index >= 15 is 0 Å². The van der Waals surface area contributed by atoms with Crippen molar-refractivity contribution in [2.45, 2.75) is 6.92 Å². The lowest BCUT2D eigenvalue weighted by Gasteiger charge is -2.03. The SMILES string of the molecule is COc1cccc(-c2nc3nc(-c4ccccc4C)oc3c(=O)[nH]2)c1. The van der Waals surface area contributed by atoms with Crippen LogP contribution in [-0.2, 0) is 0 Å². The van der Waals surface area contributed by atoms with Crippen molar-refractivity contribution in [1.29, 1.82) is 0 Å². The maximum atomic E-state index is 12.4. The van der Waals surface area contributed by atoms with Gasteiger partial charge in [0, 0.05) is 11.1 Å². The van der Waals surface area contributed by atoms with E-state index in [0.29, 0.717) is 17.5 Å². The predicted molar refractivity (Wildman–Crippen MR) is 94.6 cm³/mol. The number of aromatic nitrogens is 3. The molecule has 0 unspecified atom stereocenters. The first-order valence-corrected chi connectivity index (χ1v) is 7.77. The first kappa shape index (κ1) is 15.1. The molecule has 6 heteroatoms. The predicted octanol–water partition coefficient (Wildman–Crippen LogP) is 3.56. The van der Waals surface area contributed by atoms with Crippen LogP contribution in [0.3, 0.4) is 0 Å². The van der Waals surface area contributed by atoms with Crippen molar-refractivity contribution in [1.82, 2.24) is 15.0 Å². The Kier molecular flexibility index (Phi) is 3.57. The van der Waals surface area contributed by atoms with Gasteiger partial charge < -0.3 is 14.1 Å². The summed E-state index contributed by atoms with van der Waals surface area (Å²) in [5, 5.41) is 0. The van der Waals surface area contributed by atoms with Gasteiger partial charge in [0.1, 0.15) is 11.6 Å². The number of oxazole rings is 1. The summed E-state index contributed by atoms with van der Waals surface area (Å²) in [4.78, 5) is 24.0. The fourth-order valence-corrected chi connectivity index (χ4v) is 2.67. The second-order valence-electron chi connectivity index (χ2n) is 5.63. The molecule has 0 fully saturated rings. The lowest BCUT2D eigenvalue weighted by atomic mass is 10.1. The Morgan fingerprint density at radius 2 is 1.92 bits per heavy atom. The van der Waals surface area contributed by atoms with Crippen LogP contribution < -0.4 is 10.3 Å². The summed E-state index contributed by atoms with van der Waals surface area (Å²) in [7, 11) is 1.59. The maximum absolute atomic E-state index is 12.4. The lowest BCUT2D eigenvalue weighted by molar-refractivity contribution is 0.415. The van der Waals surface area contributed by atoms with Gasteiger partial charge in [-0.05, 0) is 30.7 Å². The normalized spacial score (nSPS) is 11.0. The van der Waals surface area contributed by atoms with Crippen LogP contribution in [0, 0.1) is 6.92 Å². The summed E-state index contributed by atoms with van der Waals surface area (Å²) in [6, 6.07) is 15.0. The average molecular weight is 333 g/mol. The molecule has 4 aromatic rings. The average Bonchev–Trinajstić information content (AvgIpc) is 3.06. The molecular formula is C19H15N3O3. The number of benzene rings is 2. The van der Waals surface area contributed by atoms with Gasteiger partial charge >= 0.3 is 0 Å². The van der Waals surface area contributed by atoms with E-state index in [2.05, 4.69) is 15.0 Å². The minimum absolute atomic E-state index is 0.116. The number of aromatic amines is 1. The molecule has 2 aromatic carbocycles. The van der Waals surface area contributed by atoms with E-state index in [1.807, 2.05) is 49.4 Å². The van der Waals surface area contributed by atoms with E-state index in [-0.39, 0.29) is 16.8 Å². The molecule has 2 aromatic heterocycles. The summed E-state index contributed by atoms with van der Waals surface area (Å²) in [6.45, 7) is 1.96.